The minimum atomic E-state index is -0.338. The van der Waals surface area contributed by atoms with Crippen LogP contribution in [0.1, 0.15) is 16.7 Å². The standard InChI is InChI=1S/C15H16N2O2/c1-11-6-3-4-8-13(11)10-16-14-9-5-7-12(2)15(14)17(18)19/h3-9,16H,10H2,1-2H3. The topological polar surface area (TPSA) is 55.2 Å². The van der Waals surface area contributed by atoms with E-state index in [0.717, 1.165) is 5.56 Å². The summed E-state index contributed by atoms with van der Waals surface area (Å²) in [4.78, 5) is 10.7. The molecular weight excluding hydrogens is 240 g/mol. The minimum Gasteiger partial charge on any atom is -0.375 e. The Hall–Kier alpha value is -2.36. The molecule has 0 aromatic heterocycles. The van der Waals surface area contributed by atoms with Crippen LogP contribution in [0.2, 0.25) is 0 Å². The summed E-state index contributed by atoms with van der Waals surface area (Å²) in [6, 6.07) is 13.3. The number of para-hydroxylation sites is 1. The van der Waals surface area contributed by atoms with Crippen LogP contribution in [-0.2, 0) is 6.54 Å². The molecule has 2 aromatic rings. The van der Waals surface area contributed by atoms with Gasteiger partial charge in [0.15, 0.2) is 0 Å². The van der Waals surface area contributed by atoms with E-state index in [2.05, 4.69) is 5.32 Å². The molecule has 0 saturated heterocycles. The third-order valence-corrected chi connectivity index (χ3v) is 3.15. The fraction of sp³-hybridized carbons (Fsp3) is 0.200. The van der Waals surface area contributed by atoms with Gasteiger partial charge in [0, 0.05) is 12.1 Å². The summed E-state index contributed by atoms with van der Waals surface area (Å²) in [5, 5.41) is 14.2. The molecule has 0 amide bonds. The lowest BCUT2D eigenvalue weighted by Gasteiger charge is -2.10. The quantitative estimate of drug-likeness (QED) is 0.668. The van der Waals surface area contributed by atoms with Crippen LogP contribution in [0.4, 0.5) is 11.4 Å². The van der Waals surface area contributed by atoms with Crippen molar-refractivity contribution in [2.75, 3.05) is 5.32 Å². The van der Waals surface area contributed by atoms with Crippen molar-refractivity contribution >= 4 is 11.4 Å². The smallest absolute Gasteiger partial charge is 0.295 e. The van der Waals surface area contributed by atoms with E-state index in [1.807, 2.05) is 37.3 Å². The van der Waals surface area contributed by atoms with Crippen molar-refractivity contribution in [1.29, 1.82) is 0 Å². The minimum absolute atomic E-state index is 0.149. The molecule has 0 spiro atoms. The molecule has 4 nitrogen and oxygen atoms in total. The Morgan fingerprint density at radius 2 is 1.74 bits per heavy atom. The second-order valence-corrected chi connectivity index (χ2v) is 4.51. The first-order valence-electron chi connectivity index (χ1n) is 6.12. The molecule has 19 heavy (non-hydrogen) atoms. The second kappa shape index (κ2) is 5.52. The summed E-state index contributed by atoms with van der Waals surface area (Å²) in [7, 11) is 0. The largest absolute Gasteiger partial charge is 0.375 e. The van der Waals surface area contributed by atoms with Gasteiger partial charge in [-0.15, -0.1) is 0 Å². The van der Waals surface area contributed by atoms with E-state index in [9.17, 15) is 10.1 Å². The number of nitrogens with one attached hydrogen (secondary N) is 1. The Kier molecular flexibility index (Phi) is 3.80. The number of nitro groups is 1. The highest BCUT2D eigenvalue weighted by Gasteiger charge is 2.16. The number of hydrogen-bond donors (Lipinski definition) is 1. The van der Waals surface area contributed by atoms with Gasteiger partial charge in [-0.3, -0.25) is 10.1 Å². The molecule has 0 atom stereocenters. The normalized spacial score (nSPS) is 10.2. The van der Waals surface area contributed by atoms with Gasteiger partial charge >= 0.3 is 0 Å². The number of aryl methyl sites for hydroxylation is 2. The van der Waals surface area contributed by atoms with Crippen LogP contribution >= 0.6 is 0 Å². The summed E-state index contributed by atoms with van der Waals surface area (Å²) < 4.78 is 0. The van der Waals surface area contributed by atoms with E-state index in [0.29, 0.717) is 17.8 Å². The van der Waals surface area contributed by atoms with Gasteiger partial charge in [0.05, 0.1) is 4.92 Å². The molecule has 2 rings (SSSR count). The monoisotopic (exact) mass is 256 g/mol. The summed E-state index contributed by atoms with van der Waals surface area (Å²) in [5.74, 6) is 0. The van der Waals surface area contributed by atoms with Crippen molar-refractivity contribution in [2.24, 2.45) is 0 Å². The number of hydrogen-bond acceptors (Lipinski definition) is 3. The molecule has 0 aliphatic heterocycles. The zero-order valence-corrected chi connectivity index (χ0v) is 11.0. The lowest BCUT2D eigenvalue weighted by atomic mass is 10.1. The predicted octanol–water partition coefficient (Wildman–Crippen LogP) is 3.82. The lowest BCUT2D eigenvalue weighted by Crippen LogP contribution is -2.04. The summed E-state index contributed by atoms with van der Waals surface area (Å²) >= 11 is 0. The third kappa shape index (κ3) is 2.91. The van der Waals surface area contributed by atoms with Crippen molar-refractivity contribution in [1.82, 2.24) is 0 Å². The Morgan fingerprint density at radius 3 is 2.42 bits per heavy atom. The molecular formula is C15H16N2O2. The third-order valence-electron chi connectivity index (χ3n) is 3.15. The van der Waals surface area contributed by atoms with Gasteiger partial charge < -0.3 is 5.32 Å². The first-order valence-corrected chi connectivity index (χ1v) is 6.12. The van der Waals surface area contributed by atoms with E-state index in [1.165, 1.54) is 5.56 Å². The van der Waals surface area contributed by atoms with Gasteiger partial charge in [0.1, 0.15) is 5.69 Å². The summed E-state index contributed by atoms with van der Waals surface area (Å²) in [6.45, 7) is 4.36. The Morgan fingerprint density at radius 1 is 1.05 bits per heavy atom. The summed E-state index contributed by atoms with van der Waals surface area (Å²) in [5.41, 5.74) is 3.69. The lowest BCUT2D eigenvalue weighted by molar-refractivity contribution is -0.384. The van der Waals surface area contributed by atoms with Crippen molar-refractivity contribution in [3.63, 3.8) is 0 Å². The second-order valence-electron chi connectivity index (χ2n) is 4.51. The van der Waals surface area contributed by atoms with Crippen molar-refractivity contribution in [2.45, 2.75) is 20.4 Å². The van der Waals surface area contributed by atoms with Crippen molar-refractivity contribution < 1.29 is 4.92 Å². The SMILES string of the molecule is Cc1ccccc1CNc1cccc(C)c1[N+](=O)[O-]. The maximum absolute atomic E-state index is 11.1. The average molecular weight is 256 g/mol. The predicted molar refractivity (Wildman–Crippen MR) is 76.3 cm³/mol. The average Bonchev–Trinajstić information content (AvgIpc) is 2.37. The van der Waals surface area contributed by atoms with Gasteiger partial charge in [-0.2, -0.15) is 0 Å². The number of nitro benzene ring substituents is 1. The highest BCUT2D eigenvalue weighted by Crippen LogP contribution is 2.28. The zero-order valence-electron chi connectivity index (χ0n) is 11.0. The highest BCUT2D eigenvalue weighted by molar-refractivity contribution is 5.65. The maximum atomic E-state index is 11.1. The molecule has 0 aliphatic carbocycles. The van der Waals surface area contributed by atoms with Gasteiger partial charge in [0.2, 0.25) is 0 Å². The van der Waals surface area contributed by atoms with Crippen molar-refractivity contribution in [3.05, 3.63) is 69.3 Å². The Bertz CT molecular complexity index is 609. The molecule has 0 unspecified atom stereocenters. The summed E-state index contributed by atoms with van der Waals surface area (Å²) in [6.07, 6.45) is 0. The first kappa shape index (κ1) is 13.1. The molecule has 4 heteroatoms. The maximum Gasteiger partial charge on any atom is 0.295 e. The van der Waals surface area contributed by atoms with Crippen LogP contribution in [0.15, 0.2) is 42.5 Å². The molecule has 0 bridgehead atoms. The van der Waals surface area contributed by atoms with Gasteiger partial charge in [-0.25, -0.2) is 0 Å². The zero-order chi connectivity index (χ0) is 13.8. The van der Waals surface area contributed by atoms with Crippen LogP contribution in [0.3, 0.4) is 0 Å². The van der Waals surface area contributed by atoms with E-state index in [-0.39, 0.29) is 10.6 Å². The van der Waals surface area contributed by atoms with E-state index in [1.54, 1.807) is 19.1 Å². The van der Waals surface area contributed by atoms with Gasteiger partial charge in [0.25, 0.3) is 5.69 Å². The molecule has 0 aliphatic rings. The van der Waals surface area contributed by atoms with Crippen LogP contribution < -0.4 is 5.32 Å². The van der Waals surface area contributed by atoms with Crippen molar-refractivity contribution in [3.8, 4) is 0 Å². The number of rotatable bonds is 4. The van der Waals surface area contributed by atoms with E-state index in [4.69, 9.17) is 0 Å². The highest BCUT2D eigenvalue weighted by atomic mass is 16.6. The molecule has 98 valence electrons. The van der Waals surface area contributed by atoms with Gasteiger partial charge in [-0.05, 0) is 31.0 Å². The molecule has 0 saturated carbocycles. The van der Waals surface area contributed by atoms with Crippen LogP contribution in [-0.4, -0.2) is 4.92 Å². The molecule has 2 aromatic carbocycles. The molecule has 0 heterocycles. The Labute approximate surface area is 112 Å². The van der Waals surface area contributed by atoms with E-state index < -0.39 is 0 Å². The number of anilines is 1. The number of benzene rings is 2. The fourth-order valence-electron chi connectivity index (χ4n) is 2.04. The van der Waals surface area contributed by atoms with Crippen LogP contribution in [0.25, 0.3) is 0 Å². The number of nitrogens with zero attached hydrogens (tertiary/aromatic N) is 1. The fourth-order valence-corrected chi connectivity index (χ4v) is 2.04. The molecule has 0 fully saturated rings. The van der Waals surface area contributed by atoms with Crippen LogP contribution in [0, 0.1) is 24.0 Å². The van der Waals surface area contributed by atoms with E-state index >= 15 is 0 Å². The molecule has 0 radical (unpaired) electrons. The Balaban J connectivity index is 2.23. The van der Waals surface area contributed by atoms with Gasteiger partial charge in [-0.1, -0.05) is 36.4 Å². The first-order chi connectivity index (χ1) is 9.09. The van der Waals surface area contributed by atoms with Crippen LogP contribution in [0.5, 0.6) is 0 Å². The molecule has 1 N–H and O–H groups in total.